The van der Waals surface area contributed by atoms with Gasteiger partial charge in [0.05, 0.1) is 12.2 Å². The van der Waals surface area contributed by atoms with Crippen LogP contribution in [0, 0.1) is 0 Å². The Morgan fingerprint density at radius 3 is 2.80 bits per heavy atom. The Morgan fingerprint density at radius 1 is 1.60 bits per heavy atom. The van der Waals surface area contributed by atoms with Crippen LogP contribution in [0.15, 0.2) is 6.20 Å². The molecule has 1 saturated carbocycles. The highest BCUT2D eigenvalue weighted by molar-refractivity contribution is 5.23. The number of hydrogen-bond donors (Lipinski definition) is 1. The molecule has 0 aromatic carbocycles. The van der Waals surface area contributed by atoms with Gasteiger partial charge in [0.2, 0.25) is 0 Å². The van der Waals surface area contributed by atoms with Crippen molar-refractivity contribution in [2.75, 3.05) is 5.73 Å². The Labute approximate surface area is 59.0 Å². The van der Waals surface area contributed by atoms with Gasteiger partial charge in [-0.1, -0.05) is 5.21 Å². The van der Waals surface area contributed by atoms with Gasteiger partial charge in [-0.2, -0.15) is 0 Å². The van der Waals surface area contributed by atoms with Gasteiger partial charge in [0.15, 0.2) is 0 Å². The number of hydrogen-bond acceptors (Lipinski definition) is 3. The second kappa shape index (κ2) is 1.97. The van der Waals surface area contributed by atoms with Crippen molar-refractivity contribution in [2.24, 2.45) is 0 Å². The molecule has 0 bridgehead atoms. The van der Waals surface area contributed by atoms with Gasteiger partial charge >= 0.3 is 0 Å². The molecule has 0 spiro atoms. The Balaban J connectivity index is 2.23. The first-order chi connectivity index (χ1) is 4.88. The number of nitrogens with two attached hydrogens (primary N) is 1. The van der Waals surface area contributed by atoms with E-state index in [0.717, 1.165) is 0 Å². The van der Waals surface area contributed by atoms with E-state index in [1.165, 1.54) is 19.3 Å². The highest BCUT2D eigenvalue weighted by atomic mass is 15.5. The summed E-state index contributed by atoms with van der Waals surface area (Å²) in [6, 6.07) is 0.530. The van der Waals surface area contributed by atoms with Crippen LogP contribution in [0.2, 0.25) is 0 Å². The second-order valence-corrected chi connectivity index (χ2v) is 2.69. The molecule has 1 aliphatic rings. The van der Waals surface area contributed by atoms with Crippen LogP contribution in [0.1, 0.15) is 25.3 Å². The Morgan fingerprint density at radius 2 is 2.40 bits per heavy atom. The van der Waals surface area contributed by atoms with Gasteiger partial charge in [0, 0.05) is 0 Å². The molecule has 0 atom stereocenters. The fourth-order valence-corrected chi connectivity index (χ4v) is 1.17. The zero-order valence-electron chi connectivity index (χ0n) is 5.70. The molecule has 54 valence electrons. The van der Waals surface area contributed by atoms with Crippen LogP contribution < -0.4 is 5.73 Å². The number of aromatic nitrogens is 3. The largest absolute Gasteiger partial charge is 0.383 e. The van der Waals surface area contributed by atoms with Crippen molar-refractivity contribution < 1.29 is 0 Å². The number of rotatable bonds is 1. The summed E-state index contributed by atoms with van der Waals surface area (Å²) in [6.07, 6.45) is 5.30. The highest BCUT2D eigenvalue weighted by Gasteiger charge is 2.21. The summed E-state index contributed by atoms with van der Waals surface area (Å²) >= 11 is 0. The summed E-state index contributed by atoms with van der Waals surface area (Å²) in [5.41, 5.74) is 5.59. The monoisotopic (exact) mass is 138 g/mol. The summed E-state index contributed by atoms with van der Waals surface area (Å²) < 4.78 is 1.81. The molecule has 0 saturated heterocycles. The standard InChI is InChI=1S/C6H10N4/c7-6-4-8-9-10(6)5-2-1-3-5/h4-5H,1-3,7H2. The number of anilines is 1. The Hall–Kier alpha value is -1.06. The lowest BCUT2D eigenvalue weighted by Crippen LogP contribution is -2.19. The minimum absolute atomic E-state index is 0.530. The molecule has 4 heteroatoms. The Kier molecular flexibility index (Phi) is 1.12. The molecular weight excluding hydrogens is 128 g/mol. The van der Waals surface area contributed by atoms with E-state index in [4.69, 9.17) is 5.73 Å². The van der Waals surface area contributed by atoms with E-state index in [1.54, 1.807) is 6.20 Å². The van der Waals surface area contributed by atoms with Crippen LogP contribution in [-0.2, 0) is 0 Å². The van der Waals surface area contributed by atoms with Crippen molar-refractivity contribution in [3.63, 3.8) is 0 Å². The van der Waals surface area contributed by atoms with E-state index in [0.29, 0.717) is 11.9 Å². The van der Waals surface area contributed by atoms with E-state index < -0.39 is 0 Å². The lowest BCUT2D eigenvalue weighted by molar-refractivity contribution is 0.288. The molecule has 0 unspecified atom stereocenters. The minimum Gasteiger partial charge on any atom is -0.383 e. The van der Waals surface area contributed by atoms with E-state index in [1.807, 2.05) is 4.68 Å². The molecule has 10 heavy (non-hydrogen) atoms. The van der Waals surface area contributed by atoms with E-state index in [9.17, 15) is 0 Å². The predicted octanol–water partition coefficient (Wildman–Crippen LogP) is 0.585. The molecule has 0 radical (unpaired) electrons. The van der Waals surface area contributed by atoms with Gasteiger partial charge in [0.1, 0.15) is 5.82 Å². The zero-order chi connectivity index (χ0) is 6.97. The van der Waals surface area contributed by atoms with Gasteiger partial charge in [0.25, 0.3) is 0 Å². The van der Waals surface area contributed by atoms with Crippen molar-refractivity contribution >= 4 is 5.82 Å². The third-order valence-electron chi connectivity index (χ3n) is 2.02. The fraction of sp³-hybridized carbons (Fsp3) is 0.667. The van der Waals surface area contributed by atoms with Crippen LogP contribution in [-0.4, -0.2) is 15.0 Å². The maximum Gasteiger partial charge on any atom is 0.142 e. The number of nitrogen functional groups attached to an aromatic ring is 1. The lowest BCUT2D eigenvalue weighted by Gasteiger charge is -2.25. The third kappa shape index (κ3) is 0.683. The van der Waals surface area contributed by atoms with Gasteiger partial charge < -0.3 is 5.73 Å². The smallest absolute Gasteiger partial charge is 0.142 e. The van der Waals surface area contributed by atoms with E-state index >= 15 is 0 Å². The molecule has 1 fully saturated rings. The summed E-state index contributed by atoms with van der Waals surface area (Å²) in [4.78, 5) is 0. The summed E-state index contributed by atoms with van der Waals surface area (Å²) in [5, 5.41) is 7.59. The first-order valence-electron chi connectivity index (χ1n) is 3.53. The van der Waals surface area contributed by atoms with Gasteiger partial charge in [-0.05, 0) is 19.3 Å². The van der Waals surface area contributed by atoms with Gasteiger partial charge in [-0.25, -0.2) is 4.68 Å². The van der Waals surface area contributed by atoms with Crippen LogP contribution in [0.25, 0.3) is 0 Å². The molecule has 1 aliphatic carbocycles. The van der Waals surface area contributed by atoms with Crippen LogP contribution in [0.4, 0.5) is 5.82 Å². The second-order valence-electron chi connectivity index (χ2n) is 2.69. The molecule has 4 nitrogen and oxygen atoms in total. The highest BCUT2D eigenvalue weighted by Crippen LogP contribution is 2.31. The first kappa shape index (κ1) is 5.70. The van der Waals surface area contributed by atoms with Crippen molar-refractivity contribution in [3.8, 4) is 0 Å². The summed E-state index contributed by atoms with van der Waals surface area (Å²) in [5.74, 6) is 0.685. The number of nitrogens with zero attached hydrogens (tertiary/aromatic N) is 3. The predicted molar refractivity (Wildman–Crippen MR) is 37.3 cm³/mol. The van der Waals surface area contributed by atoms with E-state index in [2.05, 4.69) is 10.3 Å². The third-order valence-corrected chi connectivity index (χ3v) is 2.02. The van der Waals surface area contributed by atoms with Crippen molar-refractivity contribution in [1.82, 2.24) is 15.0 Å². The molecule has 0 aliphatic heterocycles. The molecule has 0 amide bonds. The minimum atomic E-state index is 0.530. The summed E-state index contributed by atoms with van der Waals surface area (Å²) in [7, 11) is 0. The normalized spacial score (nSPS) is 18.8. The molecule has 1 heterocycles. The SMILES string of the molecule is Nc1cnnn1C1CCC1. The van der Waals surface area contributed by atoms with E-state index in [-0.39, 0.29) is 0 Å². The first-order valence-corrected chi connectivity index (χ1v) is 3.53. The van der Waals surface area contributed by atoms with Crippen LogP contribution in [0.3, 0.4) is 0 Å². The fourth-order valence-electron chi connectivity index (χ4n) is 1.17. The van der Waals surface area contributed by atoms with Gasteiger partial charge in [-0.3, -0.25) is 0 Å². The van der Waals surface area contributed by atoms with Crippen molar-refractivity contribution in [1.29, 1.82) is 0 Å². The van der Waals surface area contributed by atoms with Crippen LogP contribution >= 0.6 is 0 Å². The lowest BCUT2D eigenvalue weighted by atomic mass is 9.93. The zero-order valence-corrected chi connectivity index (χ0v) is 5.70. The molecule has 2 N–H and O–H groups in total. The molecule has 1 aromatic heterocycles. The molecule has 1 aromatic rings. The molecular formula is C6H10N4. The van der Waals surface area contributed by atoms with Crippen molar-refractivity contribution in [3.05, 3.63) is 6.20 Å². The summed E-state index contributed by atoms with van der Waals surface area (Å²) in [6.45, 7) is 0. The quantitative estimate of drug-likeness (QED) is 0.617. The average Bonchev–Trinajstić information content (AvgIpc) is 2.12. The maximum absolute atomic E-state index is 5.59. The topological polar surface area (TPSA) is 56.7 Å². The average molecular weight is 138 g/mol. The van der Waals surface area contributed by atoms with Crippen molar-refractivity contribution in [2.45, 2.75) is 25.3 Å². The maximum atomic E-state index is 5.59. The molecule has 2 rings (SSSR count). The van der Waals surface area contributed by atoms with Gasteiger partial charge in [-0.15, -0.1) is 5.10 Å². The Bertz CT molecular complexity index is 225. The van der Waals surface area contributed by atoms with Crippen LogP contribution in [0.5, 0.6) is 0 Å².